The Labute approximate surface area is 177 Å². The maximum Gasteiger partial charge on any atom is 0.233 e. The van der Waals surface area contributed by atoms with Crippen LogP contribution in [0.2, 0.25) is 0 Å². The van der Waals surface area contributed by atoms with E-state index < -0.39 is 0 Å². The summed E-state index contributed by atoms with van der Waals surface area (Å²) in [6.07, 6.45) is 1.69. The molecule has 2 fully saturated rings. The number of nitriles is 1. The minimum absolute atomic E-state index is 0.121. The molecule has 0 spiro atoms. The van der Waals surface area contributed by atoms with Gasteiger partial charge >= 0.3 is 0 Å². The number of nitrogens with zero attached hydrogens (tertiary/aromatic N) is 3. The summed E-state index contributed by atoms with van der Waals surface area (Å²) in [5, 5.41) is 10.00. The molecular weight excluding hydrogens is 378 g/mol. The highest BCUT2D eigenvalue weighted by molar-refractivity contribution is 8.00. The third kappa shape index (κ3) is 4.19. The summed E-state index contributed by atoms with van der Waals surface area (Å²) >= 11 is 1.72. The van der Waals surface area contributed by atoms with Crippen molar-refractivity contribution in [2.45, 2.75) is 30.6 Å². The molecule has 2 aromatic carbocycles. The van der Waals surface area contributed by atoms with Crippen molar-refractivity contribution in [3.8, 4) is 6.07 Å². The monoisotopic (exact) mass is 405 g/mol. The average molecular weight is 406 g/mol. The number of carbonyl (C=O) groups is 1. The Morgan fingerprint density at radius 2 is 1.76 bits per heavy atom. The zero-order chi connectivity index (χ0) is 20.3. The second-order valence-electron chi connectivity index (χ2n) is 8.06. The van der Waals surface area contributed by atoms with Crippen LogP contribution in [0.4, 0.5) is 0 Å². The van der Waals surface area contributed by atoms with Gasteiger partial charge < -0.3 is 9.80 Å². The van der Waals surface area contributed by atoms with Crippen LogP contribution in [-0.4, -0.2) is 47.6 Å². The Hall–Kier alpha value is -2.29. The molecule has 0 radical (unpaired) electrons. The molecule has 0 saturated carbocycles. The van der Waals surface area contributed by atoms with Crippen LogP contribution in [0, 0.1) is 18.3 Å². The van der Waals surface area contributed by atoms with Crippen LogP contribution < -0.4 is 0 Å². The first-order chi connectivity index (χ1) is 14.1. The highest BCUT2D eigenvalue weighted by Crippen LogP contribution is 2.39. The lowest BCUT2D eigenvalue weighted by Crippen LogP contribution is -2.45. The molecule has 4 nitrogen and oxygen atoms in total. The number of hydrogen-bond donors (Lipinski definition) is 0. The molecule has 2 aromatic rings. The maximum absolute atomic E-state index is 12.5. The second kappa shape index (κ2) is 8.61. The first-order valence-corrected chi connectivity index (χ1v) is 11.3. The molecule has 0 aliphatic carbocycles. The Balaban J connectivity index is 1.36. The largest absolute Gasteiger partial charge is 0.325 e. The van der Waals surface area contributed by atoms with Gasteiger partial charge in [0.05, 0.1) is 17.2 Å². The van der Waals surface area contributed by atoms with Crippen molar-refractivity contribution >= 4 is 17.7 Å². The minimum atomic E-state index is -0.374. The number of piperidine rings is 1. The molecule has 0 N–H and O–H groups in total. The zero-order valence-electron chi connectivity index (χ0n) is 16.9. The van der Waals surface area contributed by atoms with E-state index in [1.807, 2.05) is 23.1 Å². The number of hydrogen-bond acceptors (Lipinski definition) is 4. The molecule has 2 aliphatic rings. The Kier molecular flexibility index (Phi) is 5.94. The van der Waals surface area contributed by atoms with Gasteiger partial charge in [-0.15, -0.1) is 11.8 Å². The highest BCUT2D eigenvalue weighted by atomic mass is 32.2. The van der Waals surface area contributed by atoms with Crippen molar-refractivity contribution in [1.82, 2.24) is 9.80 Å². The molecule has 5 heteroatoms. The van der Waals surface area contributed by atoms with Crippen LogP contribution in [0.1, 0.15) is 34.9 Å². The highest BCUT2D eigenvalue weighted by Gasteiger charge is 2.37. The lowest BCUT2D eigenvalue weighted by molar-refractivity contribution is -0.128. The van der Waals surface area contributed by atoms with Gasteiger partial charge in [0.25, 0.3) is 0 Å². The van der Waals surface area contributed by atoms with E-state index in [2.05, 4.69) is 54.3 Å². The first kappa shape index (κ1) is 20.0. The number of amides is 1. The molecular formula is C24H27N3OS. The second-order valence-corrected chi connectivity index (χ2v) is 9.13. The molecule has 4 rings (SSSR count). The molecule has 0 bridgehead atoms. The third-order valence-corrected chi connectivity index (χ3v) is 7.49. The van der Waals surface area contributed by atoms with Crippen LogP contribution in [0.3, 0.4) is 0 Å². The van der Waals surface area contributed by atoms with Crippen molar-refractivity contribution < 1.29 is 4.79 Å². The summed E-state index contributed by atoms with van der Waals surface area (Å²) in [7, 11) is 0. The van der Waals surface area contributed by atoms with Crippen LogP contribution in [0.15, 0.2) is 54.6 Å². The van der Waals surface area contributed by atoms with Gasteiger partial charge in [-0.05, 0) is 30.9 Å². The van der Waals surface area contributed by atoms with Gasteiger partial charge in [0.2, 0.25) is 5.91 Å². The van der Waals surface area contributed by atoms with E-state index in [9.17, 15) is 10.1 Å². The molecule has 29 heavy (non-hydrogen) atoms. The van der Waals surface area contributed by atoms with Crippen LogP contribution >= 0.6 is 11.8 Å². The lowest BCUT2D eigenvalue weighted by atomic mass is 9.74. The third-order valence-electron chi connectivity index (χ3n) is 6.24. The summed E-state index contributed by atoms with van der Waals surface area (Å²) in [5.41, 5.74) is 3.20. The quantitative estimate of drug-likeness (QED) is 0.751. The van der Waals surface area contributed by atoms with Gasteiger partial charge in [0, 0.05) is 26.2 Å². The molecule has 1 amide bonds. The smallest absolute Gasteiger partial charge is 0.233 e. The predicted octanol–water partition coefficient (Wildman–Crippen LogP) is 4.13. The number of benzene rings is 2. The molecule has 0 aromatic heterocycles. The fraction of sp³-hybridized carbons (Fsp3) is 0.417. The lowest BCUT2D eigenvalue weighted by Gasteiger charge is -2.38. The van der Waals surface area contributed by atoms with E-state index in [4.69, 9.17) is 0 Å². The fourth-order valence-corrected chi connectivity index (χ4v) is 5.55. The van der Waals surface area contributed by atoms with Crippen molar-refractivity contribution in [3.63, 3.8) is 0 Å². The normalized spacial score (nSPS) is 21.9. The Morgan fingerprint density at radius 1 is 1.07 bits per heavy atom. The standard InChI is InChI=1S/C24H27N3OS/c1-19-7-9-20(10-8-19)23-27(22(28)17-29-23)16-15-26-13-11-24(18-25,12-14-26)21-5-3-2-4-6-21/h2-10,23H,11-17H2,1H3. The summed E-state index contributed by atoms with van der Waals surface area (Å²) in [6.45, 7) is 5.49. The van der Waals surface area contributed by atoms with E-state index in [0.717, 1.165) is 44.6 Å². The number of carbonyl (C=O) groups excluding carboxylic acids is 1. The van der Waals surface area contributed by atoms with Crippen molar-refractivity contribution in [2.24, 2.45) is 0 Å². The molecule has 1 unspecified atom stereocenters. The number of aryl methyl sites for hydroxylation is 1. The molecule has 2 heterocycles. The summed E-state index contributed by atoms with van der Waals surface area (Å²) < 4.78 is 0. The van der Waals surface area contributed by atoms with E-state index >= 15 is 0 Å². The van der Waals surface area contributed by atoms with Gasteiger partial charge in [-0.1, -0.05) is 60.2 Å². The van der Waals surface area contributed by atoms with Crippen LogP contribution in [0.5, 0.6) is 0 Å². The predicted molar refractivity (Wildman–Crippen MR) is 117 cm³/mol. The first-order valence-electron chi connectivity index (χ1n) is 10.3. The Bertz CT molecular complexity index is 883. The average Bonchev–Trinajstić information content (AvgIpc) is 3.14. The van der Waals surface area contributed by atoms with Gasteiger partial charge in [-0.25, -0.2) is 0 Å². The molecule has 2 saturated heterocycles. The van der Waals surface area contributed by atoms with E-state index in [0.29, 0.717) is 5.75 Å². The number of rotatable bonds is 5. The van der Waals surface area contributed by atoms with Crippen molar-refractivity contribution in [1.29, 1.82) is 5.26 Å². The summed E-state index contributed by atoms with van der Waals surface area (Å²) in [4.78, 5) is 16.9. The SMILES string of the molecule is Cc1ccc(C2SCC(=O)N2CCN2CCC(C#N)(c3ccccc3)CC2)cc1. The van der Waals surface area contributed by atoms with E-state index in [-0.39, 0.29) is 16.7 Å². The van der Waals surface area contributed by atoms with Gasteiger partial charge in [-0.2, -0.15) is 5.26 Å². The van der Waals surface area contributed by atoms with E-state index in [1.54, 1.807) is 11.8 Å². The molecule has 2 aliphatic heterocycles. The Morgan fingerprint density at radius 3 is 2.41 bits per heavy atom. The molecule has 1 atom stereocenters. The minimum Gasteiger partial charge on any atom is -0.325 e. The number of thioether (sulfide) groups is 1. The maximum atomic E-state index is 12.5. The molecule has 150 valence electrons. The van der Waals surface area contributed by atoms with Crippen molar-refractivity contribution in [3.05, 3.63) is 71.3 Å². The van der Waals surface area contributed by atoms with Gasteiger partial charge in [0.1, 0.15) is 5.37 Å². The number of likely N-dealkylation sites (tertiary alicyclic amines) is 1. The van der Waals surface area contributed by atoms with Gasteiger partial charge in [-0.3, -0.25) is 4.79 Å². The van der Waals surface area contributed by atoms with Crippen molar-refractivity contribution in [2.75, 3.05) is 31.9 Å². The van der Waals surface area contributed by atoms with E-state index in [1.165, 1.54) is 11.1 Å². The summed E-state index contributed by atoms with van der Waals surface area (Å²) in [6, 6.07) is 21.3. The van der Waals surface area contributed by atoms with Crippen LogP contribution in [-0.2, 0) is 10.2 Å². The fourth-order valence-electron chi connectivity index (χ4n) is 4.33. The van der Waals surface area contributed by atoms with Gasteiger partial charge in [0.15, 0.2) is 0 Å². The topological polar surface area (TPSA) is 47.3 Å². The zero-order valence-corrected chi connectivity index (χ0v) is 17.7. The van der Waals surface area contributed by atoms with Crippen LogP contribution in [0.25, 0.3) is 0 Å². The summed E-state index contributed by atoms with van der Waals surface area (Å²) in [5.74, 6) is 0.789.